The lowest BCUT2D eigenvalue weighted by Gasteiger charge is -2.08. The minimum absolute atomic E-state index is 0.309. The van der Waals surface area contributed by atoms with E-state index in [1.54, 1.807) is 38.5 Å². The molecule has 3 aromatic carbocycles. The van der Waals surface area contributed by atoms with Gasteiger partial charge >= 0.3 is 0 Å². The monoisotopic (exact) mass is 430 g/mol. The number of ether oxygens (including phenoxy) is 2. The van der Waals surface area contributed by atoms with Gasteiger partial charge in [0, 0.05) is 12.6 Å². The first-order valence-electron chi connectivity index (χ1n) is 9.73. The van der Waals surface area contributed by atoms with Crippen molar-refractivity contribution in [3.8, 4) is 33.2 Å². The molecule has 4 rings (SSSR count). The van der Waals surface area contributed by atoms with E-state index in [1.807, 2.05) is 54.1 Å². The van der Waals surface area contributed by atoms with Crippen molar-refractivity contribution < 1.29 is 14.3 Å². The zero-order valence-electron chi connectivity index (χ0n) is 17.5. The molecule has 0 saturated heterocycles. The molecule has 0 unspecified atom stereocenters. The number of carbonyl (C=O) groups is 1. The molecule has 0 saturated carbocycles. The number of amides is 1. The van der Waals surface area contributed by atoms with Crippen LogP contribution < -0.4 is 14.3 Å². The summed E-state index contributed by atoms with van der Waals surface area (Å²) in [7, 11) is 5.16. The molecule has 1 aromatic heterocycles. The van der Waals surface area contributed by atoms with Gasteiger partial charge in [0.05, 0.1) is 24.8 Å². The van der Waals surface area contributed by atoms with Gasteiger partial charge in [-0.25, -0.2) is 0 Å². The zero-order chi connectivity index (χ0) is 21.8. The molecule has 31 heavy (non-hydrogen) atoms. The smallest absolute Gasteiger partial charge is 0.279 e. The van der Waals surface area contributed by atoms with Gasteiger partial charge < -0.3 is 14.0 Å². The second kappa shape index (κ2) is 9.02. The van der Waals surface area contributed by atoms with E-state index in [1.165, 1.54) is 11.3 Å². The first-order chi connectivity index (χ1) is 15.1. The van der Waals surface area contributed by atoms with E-state index >= 15 is 0 Å². The first-order valence-corrected chi connectivity index (χ1v) is 10.5. The Morgan fingerprint density at radius 1 is 0.839 bits per heavy atom. The number of carbonyl (C=O) groups excluding carboxylic acids is 1. The topological polar surface area (TPSA) is 52.8 Å². The average Bonchev–Trinajstić information content (AvgIpc) is 3.15. The fourth-order valence-corrected chi connectivity index (χ4v) is 4.46. The van der Waals surface area contributed by atoms with Crippen LogP contribution in [0.15, 0.2) is 83.9 Å². The number of hydrogen-bond donors (Lipinski definition) is 0. The van der Waals surface area contributed by atoms with E-state index in [0.29, 0.717) is 16.1 Å². The minimum Gasteiger partial charge on any atom is -0.497 e. The summed E-state index contributed by atoms with van der Waals surface area (Å²) in [6.45, 7) is 0. The molecule has 0 atom stereocenters. The Morgan fingerprint density at radius 3 is 2.23 bits per heavy atom. The quantitative estimate of drug-likeness (QED) is 0.438. The van der Waals surface area contributed by atoms with Crippen LogP contribution in [0, 0.1) is 0 Å². The van der Waals surface area contributed by atoms with Crippen LogP contribution in [0.1, 0.15) is 10.4 Å². The van der Waals surface area contributed by atoms with Crippen molar-refractivity contribution in [2.24, 2.45) is 12.0 Å². The molecule has 1 heterocycles. The van der Waals surface area contributed by atoms with Crippen molar-refractivity contribution in [2.45, 2.75) is 0 Å². The molecule has 0 aliphatic rings. The van der Waals surface area contributed by atoms with E-state index < -0.39 is 0 Å². The molecule has 0 spiro atoms. The Bertz CT molecular complexity index is 1270. The lowest BCUT2D eigenvalue weighted by molar-refractivity contribution is 0.0997. The highest BCUT2D eigenvalue weighted by molar-refractivity contribution is 7.13. The largest absolute Gasteiger partial charge is 0.497 e. The zero-order valence-corrected chi connectivity index (χ0v) is 18.3. The van der Waals surface area contributed by atoms with Crippen molar-refractivity contribution in [3.05, 3.63) is 89.2 Å². The number of benzene rings is 3. The molecule has 0 bridgehead atoms. The number of hydrogen-bond acceptors (Lipinski definition) is 4. The Kier molecular flexibility index (Phi) is 6.00. The summed E-state index contributed by atoms with van der Waals surface area (Å²) >= 11 is 1.49. The maximum absolute atomic E-state index is 12.9. The highest BCUT2D eigenvalue weighted by Gasteiger charge is 2.16. The maximum Gasteiger partial charge on any atom is 0.279 e. The van der Waals surface area contributed by atoms with Gasteiger partial charge in [-0.3, -0.25) is 4.79 Å². The molecule has 1 amide bonds. The van der Waals surface area contributed by atoms with Crippen molar-refractivity contribution in [1.29, 1.82) is 0 Å². The molecule has 0 fully saturated rings. The summed E-state index contributed by atoms with van der Waals surface area (Å²) in [5.41, 5.74) is 3.58. The Labute approximate surface area is 184 Å². The molecule has 0 aliphatic heterocycles. The molecular formula is C25H22N2O3S. The maximum atomic E-state index is 12.9. The van der Waals surface area contributed by atoms with Crippen LogP contribution in [0.4, 0.5) is 0 Å². The molecular weight excluding hydrogens is 408 g/mol. The highest BCUT2D eigenvalue weighted by atomic mass is 32.1. The van der Waals surface area contributed by atoms with Crippen LogP contribution in [0.25, 0.3) is 21.7 Å². The second-order valence-corrected chi connectivity index (χ2v) is 7.84. The van der Waals surface area contributed by atoms with Crippen LogP contribution in [-0.4, -0.2) is 24.7 Å². The van der Waals surface area contributed by atoms with E-state index in [0.717, 1.165) is 27.4 Å². The number of methoxy groups -OCH3 is 2. The normalized spacial score (nSPS) is 11.4. The fraction of sp³-hybridized carbons (Fsp3) is 0.120. The molecule has 156 valence electrons. The molecule has 6 heteroatoms. The SMILES string of the molecule is COc1ccc(-c2c(-c3ccccc3)sc(=NC(=O)c3cccc(OC)c3)n2C)cc1. The van der Waals surface area contributed by atoms with Gasteiger partial charge in [-0.15, -0.1) is 0 Å². The summed E-state index contributed by atoms with van der Waals surface area (Å²) in [6, 6.07) is 25.0. The fourth-order valence-electron chi connectivity index (χ4n) is 3.32. The van der Waals surface area contributed by atoms with Crippen molar-refractivity contribution in [2.75, 3.05) is 14.2 Å². The van der Waals surface area contributed by atoms with Gasteiger partial charge in [0.1, 0.15) is 11.5 Å². The van der Waals surface area contributed by atoms with Crippen LogP contribution in [0.2, 0.25) is 0 Å². The van der Waals surface area contributed by atoms with Crippen LogP contribution in [0.5, 0.6) is 11.5 Å². The summed E-state index contributed by atoms with van der Waals surface area (Å²) in [5, 5.41) is 0. The van der Waals surface area contributed by atoms with Crippen LogP contribution in [0.3, 0.4) is 0 Å². The third kappa shape index (κ3) is 4.29. The highest BCUT2D eigenvalue weighted by Crippen LogP contribution is 2.34. The number of thiazole rings is 1. The lowest BCUT2D eigenvalue weighted by atomic mass is 10.1. The van der Waals surface area contributed by atoms with Gasteiger partial charge in [0.15, 0.2) is 4.80 Å². The lowest BCUT2D eigenvalue weighted by Crippen LogP contribution is -2.14. The molecule has 0 N–H and O–H groups in total. The summed E-state index contributed by atoms with van der Waals surface area (Å²) < 4.78 is 12.5. The first kappa shape index (κ1) is 20.6. The van der Waals surface area contributed by atoms with Gasteiger partial charge in [0.25, 0.3) is 5.91 Å². The van der Waals surface area contributed by atoms with E-state index in [2.05, 4.69) is 17.1 Å². The summed E-state index contributed by atoms with van der Waals surface area (Å²) in [5.74, 6) is 1.11. The van der Waals surface area contributed by atoms with Crippen molar-refractivity contribution in [1.82, 2.24) is 4.57 Å². The van der Waals surface area contributed by atoms with E-state index in [9.17, 15) is 4.79 Å². The van der Waals surface area contributed by atoms with Crippen LogP contribution >= 0.6 is 11.3 Å². The predicted molar refractivity (Wildman–Crippen MR) is 124 cm³/mol. The van der Waals surface area contributed by atoms with Gasteiger partial charge in [-0.1, -0.05) is 47.7 Å². The van der Waals surface area contributed by atoms with E-state index in [4.69, 9.17) is 9.47 Å². The number of aromatic nitrogens is 1. The number of nitrogens with zero attached hydrogens (tertiary/aromatic N) is 2. The third-order valence-corrected chi connectivity index (χ3v) is 6.12. The van der Waals surface area contributed by atoms with Crippen LogP contribution in [-0.2, 0) is 7.05 Å². The average molecular weight is 431 g/mol. The van der Waals surface area contributed by atoms with Gasteiger partial charge in [-0.2, -0.15) is 4.99 Å². The number of rotatable bonds is 5. The summed E-state index contributed by atoms with van der Waals surface area (Å²) in [4.78, 5) is 19.0. The molecule has 5 nitrogen and oxygen atoms in total. The summed E-state index contributed by atoms with van der Waals surface area (Å²) in [6.07, 6.45) is 0. The second-order valence-electron chi connectivity index (χ2n) is 6.86. The predicted octanol–water partition coefficient (Wildman–Crippen LogP) is 5.18. The van der Waals surface area contributed by atoms with Crippen molar-refractivity contribution in [3.63, 3.8) is 0 Å². The Morgan fingerprint density at radius 2 is 1.55 bits per heavy atom. The van der Waals surface area contributed by atoms with E-state index in [-0.39, 0.29) is 5.91 Å². The Balaban J connectivity index is 1.86. The third-order valence-electron chi connectivity index (χ3n) is 4.94. The van der Waals surface area contributed by atoms with Gasteiger partial charge in [-0.05, 0) is 53.6 Å². The van der Waals surface area contributed by atoms with Crippen molar-refractivity contribution >= 4 is 17.2 Å². The molecule has 0 aliphatic carbocycles. The Hall–Kier alpha value is -3.64. The van der Waals surface area contributed by atoms with Gasteiger partial charge in [0.2, 0.25) is 0 Å². The molecule has 4 aromatic rings. The molecule has 0 radical (unpaired) electrons. The minimum atomic E-state index is -0.309. The standard InChI is InChI=1S/C25H22N2O3S/c1-27-22(17-12-14-20(29-2)15-13-17)23(18-8-5-4-6-9-18)31-25(27)26-24(28)19-10-7-11-21(16-19)30-3/h4-16H,1-3H3.